The number of aliphatic carboxylic acids is 1. The van der Waals surface area contributed by atoms with E-state index in [0.717, 1.165) is 6.20 Å². The second-order valence-corrected chi connectivity index (χ2v) is 4.17. The molecule has 0 aliphatic rings. The van der Waals surface area contributed by atoms with Gasteiger partial charge in [-0.1, -0.05) is 0 Å². The van der Waals surface area contributed by atoms with Gasteiger partial charge in [-0.2, -0.15) is 5.10 Å². The maximum Gasteiger partial charge on any atom is 0.320 e. The molecule has 9 nitrogen and oxygen atoms in total. The zero-order chi connectivity index (χ0) is 14.7. The van der Waals surface area contributed by atoms with Gasteiger partial charge in [0.05, 0.1) is 11.5 Å². The Kier molecular flexibility index (Phi) is 3.80. The Balaban J connectivity index is 2.01. The van der Waals surface area contributed by atoms with Crippen LogP contribution in [0.5, 0.6) is 0 Å². The number of carboxylic acids is 1. The molecule has 0 aliphatic heterocycles. The minimum Gasteiger partial charge on any atom is -0.480 e. The average molecular weight is 280 g/mol. The molecule has 0 bridgehead atoms. The summed E-state index contributed by atoms with van der Waals surface area (Å²) in [6.45, 7) is 0.218. The second kappa shape index (κ2) is 5.53. The predicted octanol–water partition coefficient (Wildman–Crippen LogP) is 0.387. The van der Waals surface area contributed by atoms with E-state index in [0.29, 0.717) is 11.5 Å². The molecule has 106 valence electrons. The largest absolute Gasteiger partial charge is 0.480 e. The molecule has 20 heavy (non-hydrogen) atoms. The molecule has 0 saturated heterocycles. The number of hydrogen-bond acceptors (Lipinski definition) is 6. The lowest BCUT2D eigenvalue weighted by Crippen LogP contribution is -2.32. The zero-order valence-corrected chi connectivity index (χ0v) is 10.3. The lowest BCUT2D eigenvalue weighted by molar-refractivity contribution is -0.385. The Labute approximate surface area is 112 Å². The van der Waals surface area contributed by atoms with Crippen LogP contribution in [0.4, 0.5) is 5.69 Å². The van der Waals surface area contributed by atoms with Gasteiger partial charge >= 0.3 is 11.7 Å². The molecule has 0 radical (unpaired) electrons. The Morgan fingerprint density at radius 3 is 2.85 bits per heavy atom. The molecule has 0 fully saturated rings. The normalized spacial score (nSPS) is 12.2. The molecule has 2 aromatic heterocycles. The summed E-state index contributed by atoms with van der Waals surface area (Å²) in [6, 6.07) is 2.24. The number of rotatable bonds is 6. The van der Waals surface area contributed by atoms with E-state index in [1.54, 1.807) is 12.1 Å². The SMILES string of the molecule is NC(Cc1ccc(Cn2cc([N+](=O)[O-])cn2)o1)C(=O)O. The molecule has 2 aromatic rings. The van der Waals surface area contributed by atoms with Crippen LogP contribution in [0.1, 0.15) is 11.5 Å². The summed E-state index contributed by atoms with van der Waals surface area (Å²) in [5.41, 5.74) is 5.29. The van der Waals surface area contributed by atoms with Crippen molar-refractivity contribution < 1.29 is 19.2 Å². The zero-order valence-electron chi connectivity index (χ0n) is 10.3. The number of nitro groups is 1. The molecule has 1 unspecified atom stereocenters. The fourth-order valence-corrected chi connectivity index (χ4v) is 1.61. The van der Waals surface area contributed by atoms with E-state index in [-0.39, 0.29) is 18.7 Å². The van der Waals surface area contributed by atoms with Crippen molar-refractivity contribution in [2.45, 2.75) is 19.0 Å². The third-order valence-corrected chi connectivity index (χ3v) is 2.60. The van der Waals surface area contributed by atoms with Crippen LogP contribution >= 0.6 is 0 Å². The molecule has 0 amide bonds. The number of aromatic nitrogens is 2. The number of carboxylic acid groups (broad SMARTS) is 1. The van der Waals surface area contributed by atoms with E-state index in [9.17, 15) is 14.9 Å². The number of furan rings is 1. The topological polar surface area (TPSA) is 137 Å². The van der Waals surface area contributed by atoms with Gasteiger partial charge in [-0.25, -0.2) is 0 Å². The predicted molar refractivity (Wildman–Crippen MR) is 66.0 cm³/mol. The second-order valence-electron chi connectivity index (χ2n) is 4.17. The smallest absolute Gasteiger partial charge is 0.320 e. The summed E-state index contributed by atoms with van der Waals surface area (Å²) in [6.07, 6.45) is 2.50. The molecule has 2 rings (SSSR count). The van der Waals surface area contributed by atoms with Gasteiger partial charge in [0, 0.05) is 6.42 Å². The summed E-state index contributed by atoms with van der Waals surface area (Å²) in [4.78, 5) is 20.6. The highest BCUT2D eigenvalue weighted by Crippen LogP contribution is 2.13. The molecule has 9 heteroatoms. The van der Waals surface area contributed by atoms with Gasteiger partial charge in [0.25, 0.3) is 0 Å². The summed E-state index contributed by atoms with van der Waals surface area (Å²) < 4.78 is 6.76. The van der Waals surface area contributed by atoms with Gasteiger partial charge in [-0.05, 0) is 12.1 Å². The van der Waals surface area contributed by atoms with E-state index in [1.165, 1.54) is 10.9 Å². The summed E-state index contributed by atoms with van der Waals surface area (Å²) in [7, 11) is 0. The number of carbonyl (C=O) groups is 1. The highest BCUT2D eigenvalue weighted by molar-refractivity contribution is 5.73. The van der Waals surface area contributed by atoms with E-state index in [4.69, 9.17) is 15.3 Å². The quantitative estimate of drug-likeness (QED) is 0.576. The number of nitrogens with two attached hydrogens (primary N) is 1. The molecule has 3 N–H and O–H groups in total. The average Bonchev–Trinajstić information content (AvgIpc) is 2.99. The first-order valence-electron chi connectivity index (χ1n) is 5.68. The summed E-state index contributed by atoms with van der Waals surface area (Å²) in [5, 5.41) is 23.0. The van der Waals surface area contributed by atoms with Gasteiger partial charge in [0.1, 0.15) is 30.0 Å². The van der Waals surface area contributed by atoms with Gasteiger partial charge < -0.3 is 15.3 Å². The monoisotopic (exact) mass is 280 g/mol. The Morgan fingerprint density at radius 2 is 2.25 bits per heavy atom. The third-order valence-electron chi connectivity index (χ3n) is 2.60. The maximum atomic E-state index is 10.6. The van der Waals surface area contributed by atoms with Crippen LogP contribution in [-0.4, -0.2) is 31.8 Å². The van der Waals surface area contributed by atoms with Crippen molar-refractivity contribution in [3.63, 3.8) is 0 Å². The van der Waals surface area contributed by atoms with Gasteiger partial charge in [0.15, 0.2) is 0 Å². The minimum atomic E-state index is -1.11. The first-order valence-corrected chi connectivity index (χ1v) is 5.68. The van der Waals surface area contributed by atoms with Crippen molar-refractivity contribution in [3.05, 3.63) is 46.2 Å². The lowest BCUT2D eigenvalue weighted by atomic mass is 10.2. The molecule has 2 heterocycles. The van der Waals surface area contributed by atoms with Crippen molar-refractivity contribution in [1.29, 1.82) is 0 Å². The maximum absolute atomic E-state index is 10.6. The standard InChI is InChI=1S/C11H12N4O5/c12-10(11(16)17)3-8-1-2-9(20-8)6-14-5-7(4-13-14)15(18)19/h1-2,4-5,10H,3,6,12H2,(H,16,17). The summed E-state index contributed by atoms with van der Waals surface area (Å²) in [5.74, 6) is -0.155. The minimum absolute atomic E-state index is 0.0780. The summed E-state index contributed by atoms with van der Waals surface area (Å²) >= 11 is 0. The molecule has 0 spiro atoms. The van der Waals surface area contributed by atoms with Crippen LogP contribution in [0.15, 0.2) is 28.9 Å². The first kappa shape index (κ1) is 13.7. The molecular formula is C11H12N4O5. The van der Waals surface area contributed by atoms with Crippen LogP contribution in [0.3, 0.4) is 0 Å². The molecule has 0 aromatic carbocycles. The van der Waals surface area contributed by atoms with Crippen LogP contribution in [0.25, 0.3) is 0 Å². The first-order chi connectivity index (χ1) is 9.45. The fourth-order valence-electron chi connectivity index (χ4n) is 1.61. The lowest BCUT2D eigenvalue weighted by Gasteiger charge is -2.02. The van der Waals surface area contributed by atoms with Crippen molar-refractivity contribution in [1.82, 2.24) is 9.78 Å². The van der Waals surface area contributed by atoms with Gasteiger partial charge in [-0.3, -0.25) is 19.6 Å². The van der Waals surface area contributed by atoms with Crippen molar-refractivity contribution in [2.24, 2.45) is 5.73 Å². The fraction of sp³-hybridized carbons (Fsp3) is 0.273. The van der Waals surface area contributed by atoms with E-state index >= 15 is 0 Å². The highest BCUT2D eigenvalue weighted by Gasteiger charge is 2.15. The highest BCUT2D eigenvalue weighted by atomic mass is 16.6. The van der Waals surface area contributed by atoms with E-state index < -0.39 is 16.9 Å². The molecule has 0 saturated carbocycles. The van der Waals surface area contributed by atoms with Crippen molar-refractivity contribution in [3.8, 4) is 0 Å². The van der Waals surface area contributed by atoms with Crippen LogP contribution in [0, 0.1) is 10.1 Å². The van der Waals surface area contributed by atoms with Crippen LogP contribution in [0.2, 0.25) is 0 Å². The number of hydrogen-bond donors (Lipinski definition) is 2. The Hall–Kier alpha value is -2.68. The molecular weight excluding hydrogens is 268 g/mol. The van der Waals surface area contributed by atoms with E-state index in [2.05, 4.69) is 5.10 Å². The van der Waals surface area contributed by atoms with Crippen LogP contribution in [-0.2, 0) is 17.8 Å². The van der Waals surface area contributed by atoms with E-state index in [1.807, 2.05) is 0 Å². The van der Waals surface area contributed by atoms with Crippen LogP contribution < -0.4 is 5.73 Å². The van der Waals surface area contributed by atoms with Gasteiger partial charge in [-0.15, -0.1) is 0 Å². The number of nitrogens with zero attached hydrogens (tertiary/aromatic N) is 3. The molecule has 1 atom stereocenters. The third kappa shape index (κ3) is 3.20. The van der Waals surface area contributed by atoms with Crippen molar-refractivity contribution >= 4 is 11.7 Å². The Bertz CT molecular complexity index is 632. The Morgan fingerprint density at radius 1 is 1.55 bits per heavy atom. The van der Waals surface area contributed by atoms with Gasteiger partial charge in [0.2, 0.25) is 0 Å². The van der Waals surface area contributed by atoms with Crippen molar-refractivity contribution in [2.75, 3.05) is 0 Å². The molecule has 0 aliphatic carbocycles.